The maximum Gasteiger partial charge on any atom is 0.350 e. The summed E-state index contributed by atoms with van der Waals surface area (Å²) in [5.41, 5.74) is 4.94. The van der Waals surface area contributed by atoms with Gasteiger partial charge in [0.25, 0.3) is 0 Å². The molecule has 0 fully saturated rings. The van der Waals surface area contributed by atoms with Gasteiger partial charge in [-0.2, -0.15) is 0 Å². The van der Waals surface area contributed by atoms with Gasteiger partial charge < -0.3 is 15.3 Å². The molecular formula is C16H16N4O3. The van der Waals surface area contributed by atoms with Crippen LogP contribution in [0.15, 0.2) is 60.8 Å². The highest BCUT2D eigenvalue weighted by Crippen LogP contribution is 2.33. The lowest BCUT2D eigenvalue weighted by Crippen LogP contribution is -2.33. The topological polar surface area (TPSA) is 92.3 Å². The molecule has 0 bridgehead atoms. The summed E-state index contributed by atoms with van der Waals surface area (Å²) in [4.78, 5) is 17.0. The number of allylic oxidation sites excluding steroid dienone is 2. The summed E-state index contributed by atoms with van der Waals surface area (Å²) in [6.07, 6.45) is 9.80. The van der Waals surface area contributed by atoms with E-state index >= 15 is 0 Å². The Kier molecular flexibility index (Phi) is 4.20. The van der Waals surface area contributed by atoms with Gasteiger partial charge in [0.2, 0.25) is 0 Å². The number of hydrogen-bond acceptors (Lipinski definition) is 6. The van der Waals surface area contributed by atoms with Gasteiger partial charge in [-0.25, -0.2) is 4.79 Å². The molecule has 1 aliphatic rings. The van der Waals surface area contributed by atoms with Crippen LogP contribution in [0.25, 0.3) is 0 Å². The number of rotatable bonds is 5. The highest BCUT2D eigenvalue weighted by atomic mass is 16.7. The second-order valence-corrected chi connectivity index (χ2v) is 4.95. The first-order valence-corrected chi connectivity index (χ1v) is 7.14. The van der Waals surface area contributed by atoms with Crippen molar-refractivity contribution in [1.29, 1.82) is 0 Å². The fourth-order valence-corrected chi connectivity index (χ4v) is 2.23. The molecule has 1 unspecified atom stereocenters. The molecule has 2 N–H and O–H groups in total. The fraction of sp³-hybridized carbons (Fsp3) is 0.188. The van der Waals surface area contributed by atoms with E-state index in [1.807, 2.05) is 54.6 Å². The third-order valence-electron chi connectivity index (χ3n) is 3.33. The molecule has 0 amide bonds. The van der Waals surface area contributed by atoms with E-state index in [4.69, 9.17) is 15.3 Å². The van der Waals surface area contributed by atoms with Gasteiger partial charge in [-0.1, -0.05) is 36.4 Å². The number of hydrogen-bond donors (Lipinski definition) is 1. The van der Waals surface area contributed by atoms with Crippen LogP contribution in [0.4, 0.5) is 0 Å². The molecule has 1 aromatic carbocycles. The van der Waals surface area contributed by atoms with E-state index in [-0.39, 0.29) is 6.54 Å². The Balaban J connectivity index is 1.89. The van der Waals surface area contributed by atoms with Crippen LogP contribution in [0.2, 0.25) is 0 Å². The Bertz CT molecular complexity index is 739. The van der Waals surface area contributed by atoms with Crippen molar-refractivity contribution >= 4 is 5.97 Å². The number of aromatic nitrogens is 3. The zero-order valence-electron chi connectivity index (χ0n) is 12.3. The van der Waals surface area contributed by atoms with Gasteiger partial charge in [0.15, 0.2) is 5.60 Å². The first-order valence-electron chi connectivity index (χ1n) is 7.14. The smallest absolute Gasteiger partial charge is 0.350 e. The Labute approximate surface area is 133 Å². The predicted molar refractivity (Wildman–Crippen MR) is 82.3 cm³/mol. The average molecular weight is 312 g/mol. The fourth-order valence-electron chi connectivity index (χ4n) is 2.23. The molecule has 0 radical (unpaired) electrons. The molecule has 1 aliphatic carbocycles. The van der Waals surface area contributed by atoms with Gasteiger partial charge in [-0.05, 0) is 18.2 Å². The zero-order valence-corrected chi connectivity index (χ0v) is 12.3. The average Bonchev–Trinajstić information content (AvgIpc) is 3.05. The summed E-state index contributed by atoms with van der Waals surface area (Å²) in [5.74, 6) is 0.0882. The lowest BCUT2D eigenvalue weighted by atomic mass is 9.92. The van der Waals surface area contributed by atoms with E-state index < -0.39 is 11.6 Å². The van der Waals surface area contributed by atoms with E-state index in [0.717, 1.165) is 4.96 Å². The predicted octanol–water partition coefficient (Wildman–Crippen LogP) is 0.982. The number of ether oxygens (including phenoxy) is 1. The molecule has 118 valence electrons. The van der Waals surface area contributed by atoms with Crippen molar-refractivity contribution in [2.24, 2.45) is 5.73 Å². The van der Waals surface area contributed by atoms with Crippen molar-refractivity contribution < 1.29 is 14.4 Å². The lowest BCUT2D eigenvalue weighted by molar-refractivity contribution is -0.146. The molecule has 1 atom stereocenters. The molecule has 2 aromatic rings. The number of benzene rings is 1. The molecule has 0 aliphatic heterocycles. The monoisotopic (exact) mass is 312 g/mol. The van der Waals surface area contributed by atoms with Crippen molar-refractivity contribution in [3.63, 3.8) is 0 Å². The summed E-state index contributed by atoms with van der Waals surface area (Å²) >= 11 is 0. The molecule has 1 aromatic heterocycles. The Morgan fingerprint density at radius 2 is 2.13 bits per heavy atom. The van der Waals surface area contributed by atoms with Crippen molar-refractivity contribution in [2.75, 3.05) is 6.54 Å². The van der Waals surface area contributed by atoms with Crippen molar-refractivity contribution in [3.05, 3.63) is 66.5 Å². The first kappa shape index (κ1) is 15.0. The van der Waals surface area contributed by atoms with Gasteiger partial charge in [0.05, 0.1) is 12.7 Å². The second-order valence-electron chi connectivity index (χ2n) is 4.95. The van der Waals surface area contributed by atoms with Crippen molar-refractivity contribution in [3.8, 4) is 5.75 Å². The largest absolute Gasteiger partial charge is 0.476 e. The van der Waals surface area contributed by atoms with Crippen molar-refractivity contribution in [2.45, 2.75) is 12.0 Å². The highest BCUT2D eigenvalue weighted by Gasteiger charge is 2.35. The van der Waals surface area contributed by atoms with Gasteiger partial charge in [0, 0.05) is 11.4 Å². The van der Waals surface area contributed by atoms with E-state index in [1.165, 1.54) is 6.20 Å². The zero-order chi connectivity index (χ0) is 16.1. The number of carbonyl (C=O) groups excluding carboxylic acids is 1. The lowest BCUT2D eigenvalue weighted by Gasteiger charge is -2.30. The van der Waals surface area contributed by atoms with Gasteiger partial charge in [0.1, 0.15) is 11.4 Å². The normalized spacial score (nSPS) is 19.5. The quantitative estimate of drug-likeness (QED) is 0.885. The van der Waals surface area contributed by atoms with Gasteiger partial charge in [-0.3, -0.25) is 0 Å². The van der Waals surface area contributed by atoms with Crippen LogP contribution in [0.5, 0.6) is 5.75 Å². The molecule has 23 heavy (non-hydrogen) atoms. The van der Waals surface area contributed by atoms with Crippen LogP contribution < -0.4 is 15.3 Å². The molecule has 7 nitrogen and oxygen atoms in total. The van der Waals surface area contributed by atoms with Crippen LogP contribution in [0.3, 0.4) is 0 Å². The Morgan fingerprint density at radius 3 is 2.83 bits per heavy atom. The van der Waals surface area contributed by atoms with E-state index in [1.54, 1.807) is 0 Å². The summed E-state index contributed by atoms with van der Waals surface area (Å²) < 4.78 is 6.15. The van der Waals surface area contributed by atoms with Crippen molar-refractivity contribution in [1.82, 2.24) is 15.2 Å². The molecule has 3 rings (SSSR count). The van der Waals surface area contributed by atoms with Crippen LogP contribution in [-0.4, -0.2) is 27.7 Å². The Morgan fingerprint density at radius 1 is 1.30 bits per heavy atom. The third-order valence-corrected chi connectivity index (χ3v) is 3.33. The van der Waals surface area contributed by atoms with Crippen LogP contribution >= 0.6 is 0 Å². The third kappa shape index (κ3) is 3.29. The summed E-state index contributed by atoms with van der Waals surface area (Å²) in [6, 6.07) is 9.44. The molecule has 0 spiro atoms. The summed E-state index contributed by atoms with van der Waals surface area (Å²) in [6.45, 7) is -0.245. The van der Waals surface area contributed by atoms with Gasteiger partial charge >= 0.3 is 5.97 Å². The molecule has 7 heteroatoms. The summed E-state index contributed by atoms with van der Waals surface area (Å²) in [5, 5.41) is 8.12. The second kappa shape index (κ2) is 6.45. The standard InChI is InChI=1S/C16H16N4O3/c17-11-15(21)23-20-18-12-14(19-20)16(9-5-2-6-10-16)22-13-7-3-1-4-8-13/h1-9,12H,10-11,17H2. The maximum atomic E-state index is 11.2. The SMILES string of the molecule is NCC(=O)On1ncc(C2(Oc3ccccc3)C=CC=CC2)n1. The maximum absolute atomic E-state index is 11.2. The number of para-hydroxylation sites is 1. The van der Waals surface area contributed by atoms with Gasteiger partial charge in [-0.15, -0.1) is 10.2 Å². The van der Waals surface area contributed by atoms with E-state index in [9.17, 15) is 4.79 Å². The highest BCUT2D eigenvalue weighted by molar-refractivity contribution is 5.71. The first-order chi connectivity index (χ1) is 11.2. The minimum Gasteiger partial charge on any atom is -0.476 e. The molecule has 1 heterocycles. The Hall–Kier alpha value is -2.93. The van der Waals surface area contributed by atoms with E-state index in [2.05, 4.69) is 10.2 Å². The summed E-state index contributed by atoms with van der Waals surface area (Å²) in [7, 11) is 0. The molecule has 0 saturated heterocycles. The number of nitrogens with zero attached hydrogens (tertiary/aromatic N) is 3. The molecular weight excluding hydrogens is 296 g/mol. The minimum absolute atomic E-state index is 0.245. The number of carbonyl (C=O) groups is 1. The van der Waals surface area contributed by atoms with Crippen LogP contribution in [0.1, 0.15) is 12.1 Å². The van der Waals surface area contributed by atoms with Crippen LogP contribution in [-0.2, 0) is 10.4 Å². The molecule has 0 saturated carbocycles. The minimum atomic E-state index is -0.802. The van der Waals surface area contributed by atoms with E-state index in [0.29, 0.717) is 17.9 Å². The number of nitrogens with two attached hydrogens (primary N) is 1. The van der Waals surface area contributed by atoms with Crippen LogP contribution in [0, 0.1) is 0 Å².